The van der Waals surface area contributed by atoms with Crippen LogP contribution in [0.3, 0.4) is 0 Å². The summed E-state index contributed by atoms with van der Waals surface area (Å²) in [6.07, 6.45) is 1.66. The average molecular weight is 226 g/mol. The summed E-state index contributed by atoms with van der Waals surface area (Å²) in [7, 11) is 0. The second-order valence-electron chi connectivity index (χ2n) is 5.86. The molecule has 0 radical (unpaired) electrons. The molecule has 0 aromatic rings. The van der Waals surface area contributed by atoms with Gasteiger partial charge in [0.15, 0.2) is 0 Å². The Kier molecular flexibility index (Phi) is 3.85. The van der Waals surface area contributed by atoms with E-state index in [-0.39, 0.29) is 0 Å². The number of hydrogen-bond acceptors (Lipinski definition) is 4. The van der Waals surface area contributed by atoms with E-state index in [9.17, 15) is 0 Å². The zero-order valence-corrected chi connectivity index (χ0v) is 10.9. The van der Waals surface area contributed by atoms with Crippen LogP contribution >= 0.6 is 0 Å². The Bertz CT molecular complexity index is 210. The summed E-state index contributed by atoms with van der Waals surface area (Å²) in [5.74, 6) is 0. The molecule has 4 nitrogen and oxygen atoms in total. The lowest BCUT2D eigenvalue weighted by Crippen LogP contribution is -2.64. The summed E-state index contributed by atoms with van der Waals surface area (Å²) in [6, 6.07) is 0. The van der Waals surface area contributed by atoms with E-state index >= 15 is 0 Å². The number of nitrogens with one attached hydrogen (secondary N) is 2. The van der Waals surface area contributed by atoms with Crippen LogP contribution in [0.5, 0.6) is 0 Å². The van der Waals surface area contributed by atoms with Crippen LogP contribution in [0, 0.1) is 0 Å². The van der Waals surface area contributed by atoms with Crippen LogP contribution in [0.25, 0.3) is 0 Å². The van der Waals surface area contributed by atoms with Crippen molar-refractivity contribution >= 4 is 0 Å². The highest BCUT2D eigenvalue weighted by Crippen LogP contribution is 2.16. The van der Waals surface area contributed by atoms with Crippen molar-refractivity contribution in [3.8, 4) is 0 Å². The molecule has 0 amide bonds. The fourth-order valence-electron chi connectivity index (χ4n) is 2.55. The molecular formula is C12H26N4. The van der Waals surface area contributed by atoms with Gasteiger partial charge >= 0.3 is 0 Å². The van der Waals surface area contributed by atoms with Gasteiger partial charge in [-0.25, -0.2) is 0 Å². The van der Waals surface area contributed by atoms with Crippen molar-refractivity contribution in [1.29, 1.82) is 0 Å². The van der Waals surface area contributed by atoms with Gasteiger partial charge in [-0.05, 0) is 40.3 Å². The van der Waals surface area contributed by atoms with Crippen LogP contribution in [-0.4, -0.2) is 60.9 Å². The minimum atomic E-state index is 0.319. The number of piperazine rings is 1. The molecule has 2 saturated heterocycles. The Morgan fingerprint density at radius 3 is 2.00 bits per heavy atom. The van der Waals surface area contributed by atoms with Crippen LogP contribution in [0.1, 0.15) is 27.2 Å². The third kappa shape index (κ3) is 2.94. The molecule has 0 atom stereocenters. The van der Waals surface area contributed by atoms with E-state index in [4.69, 9.17) is 0 Å². The Balaban J connectivity index is 1.80. The third-order valence-electron chi connectivity index (χ3n) is 3.66. The quantitative estimate of drug-likeness (QED) is 0.672. The molecule has 2 N–H and O–H groups in total. The van der Waals surface area contributed by atoms with Gasteiger partial charge in [0.1, 0.15) is 6.29 Å². The summed E-state index contributed by atoms with van der Waals surface area (Å²) in [5.41, 5.74) is 0.319. The fourth-order valence-corrected chi connectivity index (χ4v) is 2.55. The van der Waals surface area contributed by atoms with Crippen molar-refractivity contribution in [3.63, 3.8) is 0 Å². The molecule has 0 bridgehead atoms. The molecule has 94 valence electrons. The molecule has 0 unspecified atom stereocenters. The largest absolute Gasteiger partial charge is 0.296 e. The maximum Gasteiger partial charge on any atom is 0.114 e. The second-order valence-corrected chi connectivity index (χ2v) is 5.86. The molecule has 0 spiro atoms. The maximum atomic E-state index is 3.54. The Hall–Kier alpha value is -0.160. The van der Waals surface area contributed by atoms with Gasteiger partial charge < -0.3 is 0 Å². The predicted octanol–water partition coefficient (Wildman–Crippen LogP) is 0.269. The highest BCUT2D eigenvalue weighted by atomic mass is 15.4. The van der Waals surface area contributed by atoms with E-state index in [0.29, 0.717) is 11.8 Å². The fraction of sp³-hybridized carbons (Fsp3) is 1.00. The van der Waals surface area contributed by atoms with Crippen LogP contribution < -0.4 is 10.6 Å². The van der Waals surface area contributed by atoms with Crippen molar-refractivity contribution in [1.82, 2.24) is 20.4 Å². The van der Waals surface area contributed by atoms with Crippen LogP contribution in [0.4, 0.5) is 0 Å². The molecular weight excluding hydrogens is 200 g/mol. The number of rotatable bonds is 1. The Labute approximate surface area is 99.4 Å². The van der Waals surface area contributed by atoms with E-state index in [2.05, 4.69) is 41.2 Å². The normalized spacial score (nSPS) is 27.2. The van der Waals surface area contributed by atoms with E-state index < -0.39 is 0 Å². The molecule has 2 aliphatic rings. The first-order valence-electron chi connectivity index (χ1n) is 6.53. The zero-order valence-electron chi connectivity index (χ0n) is 10.9. The highest BCUT2D eigenvalue weighted by molar-refractivity contribution is 4.84. The number of hydrogen-bond donors (Lipinski definition) is 2. The Morgan fingerprint density at radius 2 is 1.50 bits per heavy atom. The van der Waals surface area contributed by atoms with Crippen LogP contribution in [-0.2, 0) is 0 Å². The van der Waals surface area contributed by atoms with Gasteiger partial charge in [-0.15, -0.1) is 0 Å². The summed E-state index contributed by atoms with van der Waals surface area (Å²) in [5, 5.41) is 7.08. The van der Waals surface area contributed by atoms with Crippen molar-refractivity contribution in [2.75, 3.05) is 39.3 Å². The summed E-state index contributed by atoms with van der Waals surface area (Å²) >= 11 is 0. The van der Waals surface area contributed by atoms with Crippen molar-refractivity contribution < 1.29 is 0 Å². The van der Waals surface area contributed by atoms with Gasteiger partial charge in [-0.3, -0.25) is 20.4 Å². The minimum absolute atomic E-state index is 0.319. The van der Waals surface area contributed by atoms with Crippen LogP contribution in [0.2, 0.25) is 0 Å². The van der Waals surface area contributed by atoms with Crippen molar-refractivity contribution in [2.24, 2.45) is 0 Å². The lowest BCUT2D eigenvalue weighted by Gasteiger charge is -2.45. The van der Waals surface area contributed by atoms with E-state index in [1.807, 2.05) is 0 Å². The van der Waals surface area contributed by atoms with Gasteiger partial charge in [0.05, 0.1) is 0 Å². The van der Waals surface area contributed by atoms with Gasteiger partial charge in [-0.1, -0.05) is 0 Å². The summed E-state index contributed by atoms with van der Waals surface area (Å²) in [6.45, 7) is 13.9. The monoisotopic (exact) mass is 226 g/mol. The summed E-state index contributed by atoms with van der Waals surface area (Å²) < 4.78 is 0. The molecule has 2 fully saturated rings. The maximum absolute atomic E-state index is 3.54. The predicted molar refractivity (Wildman–Crippen MR) is 67.3 cm³/mol. The second kappa shape index (κ2) is 5.00. The molecule has 0 saturated carbocycles. The molecule has 0 aliphatic carbocycles. The molecule has 2 aliphatic heterocycles. The average Bonchev–Trinajstić information content (AvgIpc) is 2.29. The lowest BCUT2D eigenvalue weighted by molar-refractivity contribution is 0.0197. The smallest absolute Gasteiger partial charge is 0.114 e. The zero-order chi connectivity index (χ0) is 11.6. The third-order valence-corrected chi connectivity index (χ3v) is 3.66. The van der Waals surface area contributed by atoms with Crippen molar-refractivity contribution in [3.05, 3.63) is 0 Å². The standard InChI is InChI=1S/C12H26N4/c1-12(2,3)16-9-7-15(8-10-16)11-13-5-4-6-14-11/h11,13-14H,4-10H2,1-3H3. The Morgan fingerprint density at radius 1 is 0.938 bits per heavy atom. The van der Waals surface area contributed by atoms with E-state index in [1.165, 1.54) is 32.6 Å². The first kappa shape index (κ1) is 12.3. The summed E-state index contributed by atoms with van der Waals surface area (Å²) in [4.78, 5) is 5.10. The molecule has 16 heavy (non-hydrogen) atoms. The lowest BCUT2D eigenvalue weighted by atomic mass is 10.1. The minimum Gasteiger partial charge on any atom is -0.296 e. The van der Waals surface area contributed by atoms with Crippen molar-refractivity contribution in [2.45, 2.75) is 39.0 Å². The first-order chi connectivity index (χ1) is 7.57. The SMILES string of the molecule is CC(C)(C)N1CCN(C2NCCCN2)CC1. The highest BCUT2D eigenvalue weighted by Gasteiger charge is 2.29. The van der Waals surface area contributed by atoms with E-state index in [1.54, 1.807) is 0 Å². The number of nitrogens with zero attached hydrogens (tertiary/aromatic N) is 2. The van der Waals surface area contributed by atoms with Gasteiger partial charge in [0, 0.05) is 31.7 Å². The van der Waals surface area contributed by atoms with E-state index in [0.717, 1.165) is 13.1 Å². The van der Waals surface area contributed by atoms with Crippen LogP contribution in [0.15, 0.2) is 0 Å². The topological polar surface area (TPSA) is 30.5 Å². The van der Waals surface area contributed by atoms with Gasteiger partial charge in [-0.2, -0.15) is 0 Å². The molecule has 4 heteroatoms. The molecule has 2 heterocycles. The van der Waals surface area contributed by atoms with Gasteiger partial charge in [0.25, 0.3) is 0 Å². The molecule has 0 aromatic heterocycles. The van der Waals surface area contributed by atoms with Gasteiger partial charge in [0.2, 0.25) is 0 Å². The first-order valence-corrected chi connectivity index (χ1v) is 6.53. The molecule has 0 aromatic carbocycles. The molecule has 2 rings (SSSR count).